The van der Waals surface area contributed by atoms with E-state index in [9.17, 15) is 0 Å². The first-order valence-electron chi connectivity index (χ1n) is 18.3. The largest absolute Gasteiger partial charge is 0.332 e. The van der Waals surface area contributed by atoms with E-state index >= 15 is 0 Å². The van der Waals surface area contributed by atoms with Crippen LogP contribution >= 0.6 is 11.3 Å². The molecule has 0 amide bonds. The van der Waals surface area contributed by atoms with E-state index in [1.807, 2.05) is 18.2 Å². The molecule has 0 aliphatic carbocycles. The van der Waals surface area contributed by atoms with Gasteiger partial charge < -0.3 is 9.55 Å². The molecule has 0 saturated carbocycles. The summed E-state index contributed by atoms with van der Waals surface area (Å²) in [5.74, 6) is 0.918. The van der Waals surface area contributed by atoms with E-state index in [4.69, 9.17) is 9.10 Å². The molecule has 0 atom stereocenters. The zero-order valence-electron chi connectivity index (χ0n) is 31.6. The minimum Gasteiger partial charge on any atom is -0.332 e. The maximum absolute atomic E-state index is 7.23. The van der Waals surface area contributed by atoms with Gasteiger partial charge in [-0.05, 0) is 72.9 Å². The molecule has 0 N–H and O–H groups in total. The van der Waals surface area contributed by atoms with Crippen molar-refractivity contribution in [1.29, 1.82) is 0 Å². The molecule has 6 aromatic carbocycles. The number of aryl methyl sites for hydroxylation is 3. The number of benzene rings is 6. The number of aromatic nitrogens is 3. The molecule has 52 heavy (non-hydrogen) atoms. The number of nitrogens with zero attached hydrogens (tertiary/aromatic N) is 3. The van der Waals surface area contributed by atoms with Gasteiger partial charge in [0.25, 0.3) is 0 Å². The minimum absolute atomic E-state index is 0. The number of imidazole rings is 1. The molecule has 5 heteroatoms. The van der Waals surface area contributed by atoms with Gasteiger partial charge in [0.15, 0.2) is 0 Å². The van der Waals surface area contributed by atoms with Gasteiger partial charge in [-0.25, -0.2) is 0 Å². The molecule has 0 aliphatic rings. The summed E-state index contributed by atoms with van der Waals surface area (Å²) < 4.78 is 25.3. The van der Waals surface area contributed by atoms with E-state index in [-0.39, 0.29) is 25.7 Å². The predicted octanol–water partition coefficient (Wildman–Crippen LogP) is 12.5. The van der Waals surface area contributed by atoms with Crippen molar-refractivity contribution in [1.82, 2.24) is 14.5 Å². The van der Waals surface area contributed by atoms with Crippen molar-refractivity contribution in [2.24, 2.45) is 0 Å². The van der Waals surface area contributed by atoms with Gasteiger partial charge in [-0.1, -0.05) is 118 Å². The second-order valence-electron chi connectivity index (χ2n) is 12.5. The summed E-state index contributed by atoms with van der Waals surface area (Å²) >= 11 is 1.66. The van der Waals surface area contributed by atoms with Crippen molar-refractivity contribution in [3.05, 3.63) is 186 Å². The molecule has 3 aromatic heterocycles. The third-order valence-electron chi connectivity index (χ3n) is 8.85. The maximum atomic E-state index is 7.23. The summed E-state index contributed by atoms with van der Waals surface area (Å²) in [6, 6.07) is 54.8. The van der Waals surface area contributed by atoms with Gasteiger partial charge in [0, 0.05) is 41.5 Å². The summed E-state index contributed by atoms with van der Waals surface area (Å²) in [5.41, 5.74) is 13.3. The average molecular weight is 869 g/mol. The SMILES string of the molecule is Cc1cc(-c2ccccc2)c(-n2c(-c3[c-]sc4ccc(C)cc34)nc3ccccc32)c(-c2ccccc2)c1.[2H]C([2H])([2H])c1ccc(-c2[c-]cccc2)nc1.[Ir]. The van der Waals surface area contributed by atoms with Crippen LogP contribution in [0.4, 0.5) is 0 Å². The zero-order chi connectivity index (χ0) is 37.2. The molecule has 255 valence electrons. The third-order valence-corrected chi connectivity index (χ3v) is 9.73. The first-order valence-corrected chi connectivity index (χ1v) is 17.6. The fourth-order valence-corrected chi connectivity index (χ4v) is 7.30. The van der Waals surface area contributed by atoms with Gasteiger partial charge in [0.2, 0.25) is 0 Å². The van der Waals surface area contributed by atoms with Crippen molar-refractivity contribution in [2.45, 2.75) is 20.7 Å². The first-order chi connectivity index (χ1) is 26.2. The summed E-state index contributed by atoms with van der Waals surface area (Å²) in [6.45, 7) is 2.23. The van der Waals surface area contributed by atoms with Gasteiger partial charge in [0.05, 0.1) is 22.5 Å². The Labute approximate surface area is 326 Å². The molecule has 3 heterocycles. The van der Waals surface area contributed by atoms with Crippen LogP contribution in [-0.4, -0.2) is 14.5 Å². The number of hydrogen-bond donors (Lipinski definition) is 0. The number of thiophene rings is 1. The number of para-hydroxylation sites is 2. The second kappa shape index (κ2) is 15.4. The molecule has 1 radical (unpaired) electrons. The van der Waals surface area contributed by atoms with Crippen molar-refractivity contribution in [3.8, 4) is 50.6 Å². The molecular formula is C47H35IrN3S-2. The number of pyridine rings is 1. The minimum atomic E-state index is -2.09. The quantitative estimate of drug-likeness (QED) is 0.161. The average Bonchev–Trinajstić information content (AvgIpc) is 3.79. The van der Waals surface area contributed by atoms with Crippen molar-refractivity contribution in [2.75, 3.05) is 0 Å². The molecule has 0 fully saturated rings. The van der Waals surface area contributed by atoms with Gasteiger partial charge in [0.1, 0.15) is 0 Å². The standard InChI is InChI=1S/C35H25N2S.C12H10N.Ir/c1-23-17-18-33-29(19-23)30(22-38-33)35-36-31-15-9-10-16-32(31)37(35)34-27(25-11-5-3-6-12-25)20-24(2)21-28(34)26-13-7-4-8-14-26;1-10-7-8-12(13-9-10)11-5-3-2-4-6-11;/h3-21H,1-2H3;2-5,7-9H,1H3;/q2*-1;/i;1D3;. The van der Waals surface area contributed by atoms with Gasteiger partial charge in [-0.2, -0.15) is 0 Å². The number of hydrogen-bond acceptors (Lipinski definition) is 3. The van der Waals surface area contributed by atoms with Crippen LogP contribution in [0.25, 0.3) is 71.7 Å². The second-order valence-corrected chi connectivity index (χ2v) is 13.3. The van der Waals surface area contributed by atoms with E-state index in [0.29, 0.717) is 0 Å². The van der Waals surface area contributed by atoms with Gasteiger partial charge >= 0.3 is 0 Å². The van der Waals surface area contributed by atoms with Crippen molar-refractivity contribution >= 4 is 32.5 Å². The van der Waals surface area contributed by atoms with E-state index in [2.05, 4.69) is 150 Å². The summed E-state index contributed by atoms with van der Waals surface area (Å²) in [7, 11) is 0. The Kier molecular flexibility index (Phi) is 9.29. The van der Waals surface area contributed by atoms with E-state index < -0.39 is 6.85 Å². The zero-order valence-corrected chi connectivity index (χ0v) is 31.8. The fourth-order valence-electron chi connectivity index (χ4n) is 6.48. The van der Waals surface area contributed by atoms with Crippen LogP contribution in [0.3, 0.4) is 0 Å². The summed E-state index contributed by atoms with van der Waals surface area (Å²) in [4.78, 5) is 9.37. The van der Waals surface area contributed by atoms with E-state index in [1.54, 1.807) is 29.5 Å². The molecule has 0 aliphatic heterocycles. The topological polar surface area (TPSA) is 30.7 Å². The van der Waals surface area contributed by atoms with Crippen LogP contribution in [0.1, 0.15) is 20.8 Å². The smallest absolute Gasteiger partial charge is 0.0774 e. The van der Waals surface area contributed by atoms with Crippen LogP contribution in [0.15, 0.2) is 158 Å². The summed E-state index contributed by atoms with van der Waals surface area (Å²) in [6.07, 6.45) is 1.39. The Morgan fingerprint density at radius 2 is 1.35 bits per heavy atom. The van der Waals surface area contributed by atoms with E-state index in [1.165, 1.54) is 49.7 Å². The number of rotatable bonds is 5. The monoisotopic (exact) mass is 869 g/mol. The molecule has 0 bridgehead atoms. The van der Waals surface area contributed by atoms with Crippen LogP contribution in [0, 0.1) is 32.1 Å². The Hall–Kier alpha value is -5.45. The Morgan fingerprint density at radius 3 is 2.00 bits per heavy atom. The fraction of sp³-hybridized carbons (Fsp3) is 0.0638. The normalized spacial score (nSPS) is 11.9. The number of fused-ring (bicyclic) bond motifs is 2. The predicted molar refractivity (Wildman–Crippen MR) is 214 cm³/mol. The Morgan fingerprint density at radius 1 is 0.673 bits per heavy atom. The third kappa shape index (κ3) is 7.04. The van der Waals surface area contributed by atoms with Crippen LogP contribution in [0.5, 0.6) is 0 Å². The van der Waals surface area contributed by atoms with Crippen LogP contribution < -0.4 is 0 Å². The van der Waals surface area contributed by atoms with Crippen LogP contribution in [0.2, 0.25) is 0 Å². The first kappa shape index (κ1) is 31.3. The molecule has 0 unspecified atom stereocenters. The molecule has 3 nitrogen and oxygen atoms in total. The maximum Gasteiger partial charge on any atom is 0.0774 e. The van der Waals surface area contributed by atoms with Gasteiger partial charge in [-0.3, -0.25) is 16.3 Å². The molecular weight excluding hydrogens is 831 g/mol. The molecule has 9 aromatic rings. The summed E-state index contributed by atoms with van der Waals surface area (Å²) in [5, 5.41) is 4.81. The van der Waals surface area contributed by atoms with Crippen molar-refractivity contribution < 1.29 is 24.2 Å². The Balaban J connectivity index is 0.000000231. The molecule has 9 rings (SSSR count). The molecule has 0 saturated heterocycles. The van der Waals surface area contributed by atoms with Crippen molar-refractivity contribution in [3.63, 3.8) is 0 Å². The van der Waals surface area contributed by atoms with Crippen LogP contribution in [-0.2, 0) is 20.1 Å². The Bertz CT molecular complexity index is 2650. The van der Waals surface area contributed by atoms with Gasteiger partial charge in [-0.15, -0.1) is 47.3 Å². The van der Waals surface area contributed by atoms with E-state index in [0.717, 1.165) is 39.4 Å². The molecule has 0 spiro atoms.